The molecular weight excluding hydrogens is 304 g/mol. The maximum Gasteiger partial charge on any atom is 0.339 e. The first-order valence-corrected chi connectivity index (χ1v) is 6.11. The largest absolute Gasteiger partial charge is 0.462 e. The molecule has 0 spiro atoms. The van der Waals surface area contributed by atoms with Crippen molar-refractivity contribution in [2.24, 2.45) is 0 Å². The van der Waals surface area contributed by atoms with Crippen LogP contribution in [-0.2, 0) is 10.1 Å². The van der Waals surface area contributed by atoms with Crippen LogP contribution in [0.2, 0.25) is 0 Å². The molecule has 0 saturated heterocycles. The molecule has 18 heavy (non-hydrogen) atoms. The van der Waals surface area contributed by atoms with Gasteiger partial charge in [0.15, 0.2) is 0 Å². The number of carbonyl (C=O) groups excluding carboxylic acids is 1. The van der Waals surface area contributed by atoms with Gasteiger partial charge in [-0.25, -0.2) is 4.79 Å². The number of benzene rings is 1. The van der Waals surface area contributed by atoms with Crippen molar-refractivity contribution in [3.05, 3.63) is 38.9 Å². The molecule has 0 bridgehead atoms. The lowest BCUT2D eigenvalue weighted by Gasteiger charge is -2.06. The minimum Gasteiger partial charge on any atom is -0.462 e. The number of nitriles is 1. The van der Waals surface area contributed by atoms with E-state index in [0.29, 0.717) is 5.56 Å². The van der Waals surface area contributed by atoms with Gasteiger partial charge < -0.3 is 4.74 Å². The standard InChI is InChI=1S/C11H9BrN2O4/c1-2-18-11(15)9-3-7(5-12)10(14(16)17)4-8(9)6-13/h3-4H,2,5H2,1H3. The molecule has 0 aliphatic rings. The van der Waals surface area contributed by atoms with Crippen molar-refractivity contribution in [2.45, 2.75) is 12.3 Å². The molecule has 0 N–H and O–H groups in total. The van der Waals surface area contributed by atoms with E-state index >= 15 is 0 Å². The van der Waals surface area contributed by atoms with Gasteiger partial charge in [-0.1, -0.05) is 15.9 Å². The SMILES string of the molecule is CCOC(=O)c1cc(CBr)c([N+](=O)[O-])cc1C#N. The van der Waals surface area contributed by atoms with E-state index in [4.69, 9.17) is 10.00 Å². The van der Waals surface area contributed by atoms with E-state index in [9.17, 15) is 14.9 Å². The van der Waals surface area contributed by atoms with Gasteiger partial charge in [-0.2, -0.15) is 5.26 Å². The lowest BCUT2D eigenvalue weighted by Crippen LogP contribution is -2.09. The third kappa shape index (κ3) is 2.84. The lowest BCUT2D eigenvalue weighted by atomic mass is 10.0. The summed E-state index contributed by atoms with van der Waals surface area (Å²) in [5.74, 6) is -0.661. The zero-order valence-electron chi connectivity index (χ0n) is 9.47. The first-order valence-electron chi connectivity index (χ1n) is 4.99. The second kappa shape index (κ2) is 6.12. The summed E-state index contributed by atoms with van der Waals surface area (Å²) in [5.41, 5.74) is 0.0998. The first-order chi connectivity index (χ1) is 8.54. The van der Waals surface area contributed by atoms with Crippen LogP contribution in [0.15, 0.2) is 12.1 Å². The van der Waals surface area contributed by atoms with Crippen LogP contribution >= 0.6 is 15.9 Å². The third-order valence-electron chi connectivity index (χ3n) is 2.18. The maximum atomic E-state index is 11.6. The van der Waals surface area contributed by atoms with Gasteiger partial charge in [-0.3, -0.25) is 10.1 Å². The van der Waals surface area contributed by atoms with Crippen molar-refractivity contribution in [3.63, 3.8) is 0 Å². The van der Waals surface area contributed by atoms with Crippen LogP contribution in [0, 0.1) is 21.4 Å². The lowest BCUT2D eigenvalue weighted by molar-refractivity contribution is -0.385. The number of halogens is 1. The van der Waals surface area contributed by atoms with Crippen LogP contribution in [0.1, 0.15) is 28.4 Å². The molecule has 94 valence electrons. The number of rotatable bonds is 4. The predicted molar refractivity (Wildman–Crippen MR) is 66.4 cm³/mol. The number of carbonyl (C=O) groups is 1. The van der Waals surface area contributed by atoms with E-state index in [1.165, 1.54) is 6.07 Å². The molecule has 0 saturated carbocycles. The highest BCUT2D eigenvalue weighted by molar-refractivity contribution is 9.08. The van der Waals surface area contributed by atoms with E-state index in [2.05, 4.69) is 15.9 Å². The molecular formula is C11H9BrN2O4. The Morgan fingerprint density at radius 2 is 2.28 bits per heavy atom. The van der Waals surface area contributed by atoms with Crippen molar-refractivity contribution in [2.75, 3.05) is 6.61 Å². The first kappa shape index (κ1) is 14.1. The Hall–Kier alpha value is -1.94. The van der Waals surface area contributed by atoms with E-state index < -0.39 is 10.9 Å². The van der Waals surface area contributed by atoms with E-state index in [1.54, 1.807) is 13.0 Å². The number of nitro groups is 1. The van der Waals surface area contributed by atoms with Gasteiger partial charge in [0.05, 0.1) is 22.7 Å². The van der Waals surface area contributed by atoms with Crippen LogP contribution in [0.5, 0.6) is 0 Å². The number of esters is 1. The molecule has 1 aromatic rings. The smallest absolute Gasteiger partial charge is 0.339 e. The molecule has 0 radical (unpaired) electrons. The number of nitrogens with zero attached hydrogens (tertiary/aromatic N) is 2. The number of hydrogen-bond acceptors (Lipinski definition) is 5. The highest BCUT2D eigenvalue weighted by Gasteiger charge is 2.21. The molecule has 7 heteroatoms. The maximum absolute atomic E-state index is 11.6. The Bertz CT molecular complexity index is 537. The summed E-state index contributed by atoms with van der Waals surface area (Å²) >= 11 is 3.11. The Morgan fingerprint density at radius 3 is 2.72 bits per heavy atom. The summed E-state index contributed by atoms with van der Waals surface area (Å²) in [5, 5.41) is 19.9. The molecule has 0 heterocycles. The van der Waals surface area contributed by atoms with E-state index in [0.717, 1.165) is 6.07 Å². The molecule has 0 fully saturated rings. The minimum absolute atomic E-state index is 0.0411. The monoisotopic (exact) mass is 312 g/mol. The normalized spacial score (nSPS) is 9.61. The van der Waals surface area contributed by atoms with Gasteiger partial charge in [0.2, 0.25) is 0 Å². The molecule has 6 nitrogen and oxygen atoms in total. The van der Waals surface area contributed by atoms with Gasteiger partial charge >= 0.3 is 5.97 Å². The van der Waals surface area contributed by atoms with Crippen molar-refractivity contribution >= 4 is 27.6 Å². The van der Waals surface area contributed by atoms with Gasteiger partial charge in [-0.05, 0) is 13.0 Å². The van der Waals surface area contributed by atoms with E-state index in [1.807, 2.05) is 0 Å². The fourth-order valence-electron chi connectivity index (χ4n) is 1.38. The van der Waals surface area contributed by atoms with Crippen LogP contribution < -0.4 is 0 Å². The van der Waals surface area contributed by atoms with Crippen molar-refractivity contribution in [3.8, 4) is 6.07 Å². The topological polar surface area (TPSA) is 93.2 Å². The Labute approximate surface area is 111 Å². The van der Waals surface area contributed by atoms with Crippen molar-refractivity contribution in [1.82, 2.24) is 0 Å². The zero-order valence-corrected chi connectivity index (χ0v) is 11.1. The summed E-state index contributed by atoms with van der Waals surface area (Å²) in [6.07, 6.45) is 0. The summed E-state index contributed by atoms with van der Waals surface area (Å²) in [7, 11) is 0. The van der Waals surface area contributed by atoms with Crippen LogP contribution in [0.3, 0.4) is 0 Å². The summed E-state index contributed by atoms with van der Waals surface area (Å²) in [6.45, 7) is 1.81. The highest BCUT2D eigenvalue weighted by Crippen LogP contribution is 2.26. The third-order valence-corrected chi connectivity index (χ3v) is 2.78. The average Bonchev–Trinajstić information content (AvgIpc) is 2.37. The summed E-state index contributed by atoms with van der Waals surface area (Å²) < 4.78 is 4.80. The molecule has 0 aliphatic heterocycles. The van der Waals surface area contributed by atoms with Gasteiger partial charge in [-0.15, -0.1) is 0 Å². The molecule has 0 atom stereocenters. The Kier molecular flexibility index (Phi) is 4.80. The summed E-state index contributed by atoms with van der Waals surface area (Å²) in [6, 6.07) is 4.16. The van der Waals surface area contributed by atoms with Crippen LogP contribution in [0.25, 0.3) is 0 Å². The molecule has 0 amide bonds. The van der Waals surface area contributed by atoms with Crippen LogP contribution in [0.4, 0.5) is 5.69 Å². The number of nitro benzene ring substituents is 1. The molecule has 1 rings (SSSR count). The zero-order chi connectivity index (χ0) is 13.7. The Balaban J connectivity index is 3.41. The number of hydrogen-bond donors (Lipinski definition) is 0. The molecule has 0 unspecified atom stereocenters. The number of ether oxygens (including phenoxy) is 1. The fraction of sp³-hybridized carbons (Fsp3) is 0.273. The van der Waals surface area contributed by atoms with E-state index in [-0.39, 0.29) is 28.8 Å². The second-order valence-corrected chi connectivity index (χ2v) is 3.81. The minimum atomic E-state index is -0.661. The van der Waals surface area contributed by atoms with Gasteiger partial charge in [0.25, 0.3) is 5.69 Å². The van der Waals surface area contributed by atoms with Gasteiger partial charge in [0.1, 0.15) is 6.07 Å². The molecule has 1 aromatic carbocycles. The van der Waals surface area contributed by atoms with Crippen molar-refractivity contribution < 1.29 is 14.5 Å². The number of alkyl halides is 1. The second-order valence-electron chi connectivity index (χ2n) is 3.25. The molecule has 0 aromatic heterocycles. The molecule has 0 aliphatic carbocycles. The average molecular weight is 313 g/mol. The Morgan fingerprint density at radius 1 is 1.61 bits per heavy atom. The predicted octanol–water partition coefficient (Wildman–Crippen LogP) is 2.54. The quantitative estimate of drug-likeness (QED) is 0.368. The van der Waals surface area contributed by atoms with Gasteiger partial charge in [0, 0.05) is 17.0 Å². The highest BCUT2D eigenvalue weighted by atomic mass is 79.9. The van der Waals surface area contributed by atoms with Crippen molar-refractivity contribution in [1.29, 1.82) is 5.26 Å². The van der Waals surface area contributed by atoms with Crippen LogP contribution in [-0.4, -0.2) is 17.5 Å². The summed E-state index contributed by atoms with van der Waals surface area (Å²) in [4.78, 5) is 21.8. The fourth-order valence-corrected chi connectivity index (χ4v) is 1.83.